The van der Waals surface area contributed by atoms with Gasteiger partial charge in [-0.1, -0.05) is 84.9 Å². The van der Waals surface area contributed by atoms with E-state index in [1.807, 2.05) is 79.7 Å². The normalized spacial score (nSPS) is 11.6. The molecule has 4 N–H and O–H groups in total. The van der Waals surface area contributed by atoms with Crippen LogP contribution in [0.4, 0.5) is 0 Å². The van der Waals surface area contributed by atoms with Crippen molar-refractivity contribution >= 4 is 32.5 Å². The van der Waals surface area contributed by atoms with Crippen LogP contribution in [0.3, 0.4) is 0 Å². The molecular weight excluding hydrogens is 524 g/mol. The smallest absolute Gasteiger partial charge is 0.201 e. The first-order chi connectivity index (χ1) is 20.4. The molecule has 0 unspecified atom stereocenters. The van der Waals surface area contributed by atoms with Gasteiger partial charge in [0.05, 0.1) is 6.61 Å². The molecule has 0 aliphatic heterocycles. The van der Waals surface area contributed by atoms with E-state index >= 15 is 0 Å². The van der Waals surface area contributed by atoms with Gasteiger partial charge in [0.1, 0.15) is 11.3 Å². The summed E-state index contributed by atoms with van der Waals surface area (Å²) in [6, 6.07) is 32.4. The minimum absolute atomic E-state index is 0.296. The van der Waals surface area contributed by atoms with Gasteiger partial charge in [0.25, 0.3) is 0 Å². The van der Waals surface area contributed by atoms with Crippen molar-refractivity contribution in [2.45, 2.75) is 20.5 Å². The number of fused-ring (bicyclic) bond motifs is 3. The zero-order valence-electron chi connectivity index (χ0n) is 23.1. The molecule has 0 spiro atoms. The van der Waals surface area contributed by atoms with Crippen molar-refractivity contribution in [3.63, 3.8) is 0 Å². The SMILES string of the molecule is Cc1oc2ccc(-c3ccccc3)cc2c1-c1c2ccccc2c(-c2c(O)c(O)c(O)c(C)c2CO)c2ccccc12. The van der Waals surface area contributed by atoms with Crippen LogP contribution < -0.4 is 0 Å². The average Bonchev–Trinajstić information content (AvgIpc) is 3.35. The zero-order chi connectivity index (χ0) is 29.1. The summed E-state index contributed by atoms with van der Waals surface area (Å²) in [7, 11) is 0. The first-order valence-corrected chi connectivity index (χ1v) is 13.8. The van der Waals surface area contributed by atoms with Crippen LogP contribution in [0.2, 0.25) is 0 Å². The summed E-state index contributed by atoms with van der Waals surface area (Å²) in [4.78, 5) is 0. The molecule has 5 nitrogen and oxygen atoms in total. The molecule has 6 aromatic carbocycles. The van der Waals surface area contributed by atoms with Gasteiger partial charge in [-0.2, -0.15) is 0 Å². The fourth-order valence-corrected chi connectivity index (χ4v) is 6.36. The van der Waals surface area contributed by atoms with E-state index in [2.05, 4.69) is 24.3 Å². The molecular formula is C37H28O5. The van der Waals surface area contributed by atoms with Crippen molar-refractivity contribution in [1.29, 1.82) is 0 Å². The molecule has 0 saturated carbocycles. The van der Waals surface area contributed by atoms with E-state index in [0.29, 0.717) is 22.3 Å². The highest BCUT2D eigenvalue weighted by molar-refractivity contribution is 6.24. The maximum absolute atomic E-state index is 11.2. The molecule has 0 aliphatic carbocycles. The van der Waals surface area contributed by atoms with Crippen LogP contribution in [0.25, 0.3) is 65.9 Å². The number of phenols is 3. The van der Waals surface area contributed by atoms with E-state index in [9.17, 15) is 20.4 Å². The Morgan fingerprint density at radius 2 is 1.07 bits per heavy atom. The van der Waals surface area contributed by atoms with Crippen LogP contribution in [0.5, 0.6) is 17.2 Å². The Hall–Kier alpha value is -5.26. The first-order valence-electron chi connectivity index (χ1n) is 13.8. The Bertz CT molecular complexity index is 2120. The Labute approximate surface area is 242 Å². The second-order valence-electron chi connectivity index (χ2n) is 10.6. The molecule has 0 fully saturated rings. The third-order valence-corrected chi connectivity index (χ3v) is 8.36. The largest absolute Gasteiger partial charge is 0.504 e. The van der Waals surface area contributed by atoms with Gasteiger partial charge in [0.15, 0.2) is 11.5 Å². The Morgan fingerprint density at radius 1 is 0.524 bits per heavy atom. The molecule has 7 rings (SSSR count). The van der Waals surface area contributed by atoms with Crippen LogP contribution >= 0.6 is 0 Å². The quantitative estimate of drug-likeness (QED) is 0.129. The highest BCUT2D eigenvalue weighted by Crippen LogP contribution is 2.53. The van der Waals surface area contributed by atoms with Gasteiger partial charge in [0, 0.05) is 33.2 Å². The number of aromatic hydroxyl groups is 3. The van der Waals surface area contributed by atoms with Crippen molar-refractivity contribution < 1.29 is 24.8 Å². The lowest BCUT2D eigenvalue weighted by atomic mass is 9.83. The summed E-state index contributed by atoms with van der Waals surface area (Å²) in [5, 5.41) is 47.3. The molecule has 0 amide bonds. The van der Waals surface area contributed by atoms with E-state index in [1.165, 1.54) is 0 Å². The standard InChI is InChI=1S/C37H28O5/c1-20-29(19-38)34(36(40)37(41)35(20)39)33-26-14-8-6-12-24(26)32(25-13-7-9-15-27(25)33)31-21(2)42-30-17-16-23(18-28(30)31)22-10-4-3-5-11-22/h3-18,38-41H,19H2,1-2H3. The topological polar surface area (TPSA) is 94.1 Å². The van der Waals surface area contributed by atoms with E-state index < -0.39 is 23.9 Å². The summed E-state index contributed by atoms with van der Waals surface area (Å²) in [5.74, 6) is -0.736. The monoisotopic (exact) mass is 552 g/mol. The number of phenolic OH excluding ortho intramolecular Hbond substituents is 3. The summed E-state index contributed by atoms with van der Waals surface area (Å²) in [6.45, 7) is 3.17. The molecule has 0 saturated heterocycles. The van der Waals surface area contributed by atoms with Crippen LogP contribution in [-0.2, 0) is 6.61 Å². The minimum Gasteiger partial charge on any atom is -0.504 e. The van der Waals surface area contributed by atoms with Gasteiger partial charge in [-0.05, 0) is 64.2 Å². The number of hydrogen-bond donors (Lipinski definition) is 4. The summed E-state index contributed by atoms with van der Waals surface area (Å²) in [6.07, 6.45) is 0. The second kappa shape index (κ2) is 9.68. The first kappa shape index (κ1) is 25.7. The van der Waals surface area contributed by atoms with Gasteiger partial charge >= 0.3 is 0 Å². The number of aliphatic hydroxyl groups is 1. The van der Waals surface area contributed by atoms with Gasteiger partial charge in [-0.15, -0.1) is 0 Å². The van der Waals surface area contributed by atoms with E-state index in [4.69, 9.17) is 4.42 Å². The van der Waals surface area contributed by atoms with Crippen molar-refractivity contribution in [3.8, 4) is 50.6 Å². The van der Waals surface area contributed by atoms with Crippen LogP contribution in [-0.4, -0.2) is 20.4 Å². The van der Waals surface area contributed by atoms with E-state index in [1.54, 1.807) is 6.92 Å². The molecule has 1 aromatic heterocycles. The van der Waals surface area contributed by atoms with Crippen molar-refractivity contribution in [2.24, 2.45) is 0 Å². The van der Waals surface area contributed by atoms with Crippen molar-refractivity contribution in [2.75, 3.05) is 0 Å². The molecule has 0 aliphatic rings. The van der Waals surface area contributed by atoms with Crippen LogP contribution in [0.15, 0.2) is 101 Å². The second-order valence-corrected chi connectivity index (χ2v) is 10.6. The molecule has 42 heavy (non-hydrogen) atoms. The maximum atomic E-state index is 11.2. The molecule has 0 atom stereocenters. The molecule has 206 valence electrons. The maximum Gasteiger partial charge on any atom is 0.201 e. The molecule has 1 heterocycles. The van der Waals surface area contributed by atoms with Crippen molar-refractivity contribution in [1.82, 2.24) is 0 Å². The van der Waals surface area contributed by atoms with Gasteiger partial charge < -0.3 is 24.8 Å². The lowest BCUT2D eigenvalue weighted by molar-refractivity contribution is 0.279. The third-order valence-electron chi connectivity index (χ3n) is 8.36. The van der Waals surface area contributed by atoms with Gasteiger partial charge in [0.2, 0.25) is 5.75 Å². The number of benzene rings is 6. The Balaban J connectivity index is 1.64. The van der Waals surface area contributed by atoms with E-state index in [0.717, 1.165) is 60.5 Å². The molecule has 0 bridgehead atoms. The summed E-state index contributed by atoms with van der Waals surface area (Å²) < 4.78 is 6.32. The van der Waals surface area contributed by atoms with Crippen molar-refractivity contribution in [3.05, 3.63) is 114 Å². The Kier molecular flexibility index (Phi) is 5.92. The molecule has 5 heteroatoms. The average molecular weight is 553 g/mol. The number of hydrogen-bond acceptors (Lipinski definition) is 5. The number of aliphatic hydroxyl groups excluding tert-OH is 1. The van der Waals surface area contributed by atoms with E-state index in [-0.39, 0.29) is 0 Å². The summed E-state index contributed by atoms with van der Waals surface area (Å²) >= 11 is 0. The lowest BCUT2D eigenvalue weighted by Gasteiger charge is -2.21. The fraction of sp³-hybridized carbons (Fsp3) is 0.0811. The minimum atomic E-state index is -0.609. The van der Waals surface area contributed by atoms with Crippen LogP contribution in [0.1, 0.15) is 16.9 Å². The number of furan rings is 1. The highest BCUT2D eigenvalue weighted by Gasteiger charge is 2.27. The fourth-order valence-electron chi connectivity index (χ4n) is 6.36. The highest BCUT2D eigenvalue weighted by atomic mass is 16.3. The van der Waals surface area contributed by atoms with Crippen LogP contribution in [0, 0.1) is 13.8 Å². The van der Waals surface area contributed by atoms with Gasteiger partial charge in [-0.25, -0.2) is 0 Å². The third kappa shape index (κ3) is 3.67. The predicted molar refractivity (Wildman–Crippen MR) is 168 cm³/mol. The summed E-state index contributed by atoms with van der Waals surface area (Å²) in [5.41, 5.74) is 6.60. The predicted octanol–water partition coefficient (Wildman–Crippen LogP) is 8.97. The number of rotatable bonds is 4. The molecule has 0 radical (unpaired) electrons. The molecule has 7 aromatic rings. The van der Waals surface area contributed by atoms with Gasteiger partial charge in [-0.3, -0.25) is 0 Å². The Morgan fingerprint density at radius 3 is 1.64 bits per heavy atom. The number of aryl methyl sites for hydroxylation is 1. The zero-order valence-corrected chi connectivity index (χ0v) is 23.1. The lowest BCUT2D eigenvalue weighted by Crippen LogP contribution is -1.98.